The number of hydrogen-bond donors (Lipinski definition) is 1. The Hall–Kier alpha value is -3.50. The van der Waals surface area contributed by atoms with Crippen molar-refractivity contribution in [3.05, 3.63) is 80.3 Å². The lowest BCUT2D eigenvalue weighted by atomic mass is 9.95. The van der Waals surface area contributed by atoms with Crippen LogP contribution in [0.1, 0.15) is 45.9 Å². The number of Topliss-reactive ketones (excluding diaryl/α,β-unsaturated/α-hetero) is 1. The van der Waals surface area contributed by atoms with Crippen LogP contribution < -0.4 is 9.64 Å². The molecule has 1 amide bonds. The van der Waals surface area contributed by atoms with Crippen LogP contribution in [0, 0.1) is 6.92 Å². The van der Waals surface area contributed by atoms with E-state index in [-0.39, 0.29) is 21.3 Å². The first-order chi connectivity index (χ1) is 17.3. The molecule has 1 atom stereocenters. The summed E-state index contributed by atoms with van der Waals surface area (Å²) in [5.41, 5.74) is 1.21. The molecule has 3 aromatic rings. The van der Waals surface area contributed by atoms with E-state index < -0.39 is 23.7 Å². The number of thiazole rings is 1. The number of amides is 1. The van der Waals surface area contributed by atoms with E-state index in [1.165, 1.54) is 12.0 Å². The van der Waals surface area contributed by atoms with Crippen LogP contribution in [0.25, 0.3) is 5.76 Å². The maximum atomic E-state index is 13.3. The molecule has 1 aromatic heterocycles. The molecule has 1 saturated heterocycles. The number of aryl methyl sites for hydroxylation is 1. The minimum absolute atomic E-state index is 0.0850. The highest BCUT2D eigenvalue weighted by Crippen LogP contribution is 2.44. The lowest BCUT2D eigenvalue weighted by molar-refractivity contribution is -0.132. The Kier molecular flexibility index (Phi) is 7.56. The van der Waals surface area contributed by atoms with Crippen molar-refractivity contribution in [3.63, 3.8) is 0 Å². The first-order valence-corrected chi connectivity index (χ1v) is 12.7. The first kappa shape index (κ1) is 25.6. The number of ether oxygens (including phenoxy) is 2. The van der Waals surface area contributed by atoms with E-state index in [9.17, 15) is 19.5 Å². The molecule has 0 aliphatic carbocycles. The molecule has 0 spiro atoms. The van der Waals surface area contributed by atoms with Gasteiger partial charge in [0.1, 0.15) is 16.4 Å². The zero-order valence-electron chi connectivity index (χ0n) is 19.8. The average Bonchev–Trinajstić information content (AvgIpc) is 3.38. The third kappa shape index (κ3) is 4.78. The average molecular weight is 571 g/mol. The second-order valence-electron chi connectivity index (χ2n) is 8.00. The van der Waals surface area contributed by atoms with Gasteiger partial charge in [-0.2, -0.15) is 0 Å². The number of hydrogen-bond acceptors (Lipinski definition) is 8. The van der Waals surface area contributed by atoms with E-state index in [1.807, 2.05) is 13.0 Å². The number of benzene rings is 2. The molecule has 4 rings (SSSR count). The number of aliphatic hydroxyl groups is 1. The van der Waals surface area contributed by atoms with Gasteiger partial charge < -0.3 is 14.6 Å². The van der Waals surface area contributed by atoms with Crippen molar-refractivity contribution in [2.45, 2.75) is 26.3 Å². The van der Waals surface area contributed by atoms with E-state index in [0.29, 0.717) is 29.2 Å². The molecule has 1 fully saturated rings. The number of anilines is 1. The molecule has 2 aromatic carbocycles. The van der Waals surface area contributed by atoms with Crippen molar-refractivity contribution in [2.24, 2.45) is 0 Å². The van der Waals surface area contributed by atoms with Gasteiger partial charge in [0.05, 0.1) is 31.0 Å². The molecule has 1 N–H and O–H groups in total. The first-order valence-electron chi connectivity index (χ1n) is 11.1. The third-order valence-electron chi connectivity index (χ3n) is 5.55. The van der Waals surface area contributed by atoms with Gasteiger partial charge in [0.2, 0.25) is 0 Å². The number of aromatic nitrogens is 1. The molecule has 0 saturated carbocycles. The van der Waals surface area contributed by atoms with Crippen LogP contribution in [0.15, 0.2) is 58.6 Å². The predicted molar refractivity (Wildman–Crippen MR) is 139 cm³/mol. The van der Waals surface area contributed by atoms with Gasteiger partial charge >= 0.3 is 11.9 Å². The van der Waals surface area contributed by atoms with Gasteiger partial charge in [0, 0.05) is 10.0 Å². The Balaban J connectivity index is 1.90. The van der Waals surface area contributed by atoms with Gasteiger partial charge in [-0.15, -0.1) is 0 Å². The van der Waals surface area contributed by atoms with E-state index in [2.05, 4.69) is 20.9 Å². The molecule has 0 bridgehead atoms. The molecule has 1 aliphatic rings. The quantitative estimate of drug-likeness (QED) is 0.175. The van der Waals surface area contributed by atoms with E-state index >= 15 is 0 Å². The SMILES string of the molecule is CCCOc1cccc(/C(O)=C2\C(=O)C(=O)N(c3nc(C)c(C(=O)OC)s3)C2c2cccc(Br)c2)c1. The van der Waals surface area contributed by atoms with Gasteiger partial charge in [-0.05, 0) is 43.2 Å². The van der Waals surface area contributed by atoms with Crippen molar-refractivity contribution < 1.29 is 29.0 Å². The van der Waals surface area contributed by atoms with Crippen molar-refractivity contribution >= 4 is 55.8 Å². The lowest BCUT2D eigenvalue weighted by Gasteiger charge is -2.23. The number of halogens is 1. The maximum Gasteiger partial charge on any atom is 0.350 e. The van der Waals surface area contributed by atoms with Crippen LogP contribution in [0.4, 0.5) is 5.13 Å². The van der Waals surface area contributed by atoms with Gasteiger partial charge in [-0.3, -0.25) is 14.5 Å². The Bertz CT molecular complexity index is 1380. The number of carbonyl (C=O) groups excluding carboxylic acids is 3. The molecule has 186 valence electrons. The molecule has 0 radical (unpaired) electrons. The van der Waals surface area contributed by atoms with Gasteiger partial charge in [-0.1, -0.05) is 58.5 Å². The topological polar surface area (TPSA) is 106 Å². The second kappa shape index (κ2) is 10.6. The Morgan fingerprint density at radius 2 is 1.94 bits per heavy atom. The highest BCUT2D eigenvalue weighted by Gasteiger charge is 2.48. The summed E-state index contributed by atoms with van der Waals surface area (Å²) in [5, 5.41) is 11.5. The molecule has 2 heterocycles. The molecular weight excluding hydrogens is 548 g/mol. The van der Waals surface area contributed by atoms with Crippen LogP contribution in [0.3, 0.4) is 0 Å². The molecule has 10 heteroatoms. The van der Waals surface area contributed by atoms with Crippen LogP contribution >= 0.6 is 27.3 Å². The summed E-state index contributed by atoms with van der Waals surface area (Å²) >= 11 is 4.39. The highest BCUT2D eigenvalue weighted by molar-refractivity contribution is 9.10. The summed E-state index contributed by atoms with van der Waals surface area (Å²) in [6, 6.07) is 12.9. The summed E-state index contributed by atoms with van der Waals surface area (Å²) in [6.45, 7) is 4.10. The fourth-order valence-corrected chi connectivity index (χ4v) is 5.33. The second-order valence-corrected chi connectivity index (χ2v) is 9.90. The Morgan fingerprint density at radius 3 is 2.64 bits per heavy atom. The molecule has 1 unspecified atom stereocenters. The summed E-state index contributed by atoms with van der Waals surface area (Å²) in [6.07, 6.45) is 0.811. The zero-order chi connectivity index (χ0) is 26.0. The molecule has 36 heavy (non-hydrogen) atoms. The number of esters is 1. The number of methoxy groups -OCH3 is 1. The largest absolute Gasteiger partial charge is 0.507 e. The van der Waals surface area contributed by atoms with Crippen molar-refractivity contribution in [2.75, 3.05) is 18.6 Å². The number of carbonyl (C=O) groups is 3. The normalized spacial score (nSPS) is 16.9. The third-order valence-corrected chi connectivity index (χ3v) is 7.18. The van der Waals surface area contributed by atoms with Crippen molar-refractivity contribution in [1.82, 2.24) is 4.98 Å². The maximum absolute atomic E-state index is 13.3. The highest BCUT2D eigenvalue weighted by atomic mass is 79.9. The minimum atomic E-state index is -0.973. The Morgan fingerprint density at radius 1 is 1.19 bits per heavy atom. The van der Waals surface area contributed by atoms with Crippen LogP contribution in [-0.4, -0.2) is 41.5 Å². The fraction of sp³-hybridized carbons (Fsp3) is 0.231. The molecular formula is C26H23BrN2O6S. The lowest BCUT2D eigenvalue weighted by Crippen LogP contribution is -2.29. The van der Waals surface area contributed by atoms with Crippen LogP contribution in [0.5, 0.6) is 5.75 Å². The molecule has 8 nitrogen and oxygen atoms in total. The standard InChI is InChI=1S/C26H23BrN2O6S/c1-4-11-35-18-10-6-8-16(13-18)21(30)19-20(15-7-5-9-17(27)12-15)29(24(32)22(19)31)26-28-14(2)23(36-26)25(33)34-3/h5-10,12-13,20,30H,4,11H2,1-3H3/b21-19+. The van der Waals surface area contributed by atoms with E-state index in [0.717, 1.165) is 22.2 Å². The summed E-state index contributed by atoms with van der Waals surface area (Å²) < 4.78 is 11.2. The predicted octanol–water partition coefficient (Wildman–Crippen LogP) is 5.42. The van der Waals surface area contributed by atoms with Crippen LogP contribution in [-0.2, 0) is 14.3 Å². The van der Waals surface area contributed by atoms with Crippen molar-refractivity contribution in [1.29, 1.82) is 0 Å². The number of rotatable bonds is 7. The van der Waals surface area contributed by atoms with Crippen LogP contribution in [0.2, 0.25) is 0 Å². The van der Waals surface area contributed by atoms with Gasteiger partial charge in [0.15, 0.2) is 5.13 Å². The summed E-state index contributed by atoms with van der Waals surface area (Å²) in [7, 11) is 1.26. The Labute approximate surface area is 220 Å². The van der Waals surface area contributed by atoms with Crippen molar-refractivity contribution in [3.8, 4) is 5.75 Å². The summed E-state index contributed by atoms with van der Waals surface area (Å²) in [5.74, 6) is -2.10. The summed E-state index contributed by atoms with van der Waals surface area (Å²) in [4.78, 5) is 44.7. The van der Waals surface area contributed by atoms with E-state index in [1.54, 1.807) is 49.4 Å². The number of nitrogens with zero attached hydrogens (tertiary/aromatic N) is 2. The van der Waals surface area contributed by atoms with Gasteiger partial charge in [0.25, 0.3) is 5.78 Å². The molecule has 1 aliphatic heterocycles. The zero-order valence-corrected chi connectivity index (χ0v) is 22.2. The smallest absolute Gasteiger partial charge is 0.350 e. The number of ketones is 1. The minimum Gasteiger partial charge on any atom is -0.507 e. The van der Waals surface area contributed by atoms with Gasteiger partial charge in [-0.25, -0.2) is 9.78 Å². The fourth-order valence-electron chi connectivity index (χ4n) is 3.90. The monoisotopic (exact) mass is 570 g/mol. The van der Waals surface area contributed by atoms with E-state index in [4.69, 9.17) is 9.47 Å². The number of aliphatic hydroxyl groups excluding tert-OH is 1.